The maximum absolute atomic E-state index is 16.7. The Morgan fingerprint density at radius 3 is 2.24 bits per heavy atom. The van der Waals surface area contributed by atoms with Crippen molar-refractivity contribution in [3.63, 3.8) is 0 Å². The predicted molar refractivity (Wildman–Crippen MR) is 244 cm³/mol. The van der Waals surface area contributed by atoms with Crippen LogP contribution in [0.1, 0.15) is 94.7 Å². The lowest BCUT2D eigenvalue weighted by atomic mass is 9.96. The minimum Gasteiger partial charge on any atom is -0.453 e. The first kappa shape index (κ1) is 45.1. The Morgan fingerprint density at radius 1 is 0.940 bits per heavy atom. The highest BCUT2D eigenvalue weighted by molar-refractivity contribution is 5.91. The van der Waals surface area contributed by atoms with Gasteiger partial charge in [0.15, 0.2) is 0 Å². The average molecular weight is 914 g/mol. The molecule has 17 heteroatoms. The lowest BCUT2D eigenvalue weighted by Gasteiger charge is -2.36. The number of ether oxygens (including phenoxy) is 2. The summed E-state index contributed by atoms with van der Waals surface area (Å²) in [5.74, 6) is -3.12. The quantitative estimate of drug-likeness (QED) is 0.0835. The molecule has 2 saturated carbocycles. The maximum atomic E-state index is 16.7. The van der Waals surface area contributed by atoms with Crippen LogP contribution in [0.15, 0.2) is 72.9 Å². The number of fused-ring (bicyclic) bond motifs is 6. The van der Waals surface area contributed by atoms with Gasteiger partial charge in [-0.3, -0.25) is 9.59 Å². The summed E-state index contributed by atoms with van der Waals surface area (Å²) in [6.07, 6.45) is 4.37. The Bertz CT molecular complexity index is 2880. The number of hydrogen-bond donors (Lipinski definition) is 4. The number of aromatic amines is 2. The maximum Gasteiger partial charge on any atom is 0.407 e. The van der Waals surface area contributed by atoms with Crippen molar-refractivity contribution in [1.82, 2.24) is 40.4 Å². The SMILES string of the molecule is C=C(C#N)[C@H](NC(=O)OC)C(=O)N1[C@@H]2CC[C@@H](C2)[C@H]1c1nc2ccc(-c3ccc4c(c3)C(F)(F)c3cc(-c5cnc([C@H](C)N(CC6(C)CC6)C(=O)[C@@H](NC(=O)OC)C(C)C)[nH]5)ccc3-4)cc2[nH]1. The second-order valence-electron chi connectivity index (χ2n) is 19.1. The van der Waals surface area contributed by atoms with E-state index >= 15 is 8.78 Å². The van der Waals surface area contributed by atoms with Crippen molar-refractivity contribution in [2.24, 2.45) is 17.3 Å². The number of imidazole rings is 2. The molecule has 15 nitrogen and oxygen atoms in total. The Morgan fingerprint density at radius 2 is 1.58 bits per heavy atom. The molecule has 4 N–H and O–H groups in total. The number of amides is 4. The molecule has 2 aromatic heterocycles. The fraction of sp³-hybridized carbons (Fsp3) is 0.420. The van der Waals surface area contributed by atoms with Crippen LogP contribution in [0.5, 0.6) is 0 Å². The molecule has 67 heavy (non-hydrogen) atoms. The largest absolute Gasteiger partial charge is 0.453 e. The van der Waals surface area contributed by atoms with Crippen LogP contribution in [0.25, 0.3) is 44.5 Å². The standard InChI is InChI=1S/C50H53F2N9O6/c1-25(2)40(58-47(64)66-6)45(62)60(24-49(5)16-17-49)27(4)43-54-23-39(57-43)30-10-14-34-33-13-9-28(19-35(33)50(51,52)36(34)20-30)29-11-15-37-38(21-29)56-44(55-37)42-31-8-12-32(18-31)61(42)46(63)41(26(3)22-53)59-48(65)67-7/h9-11,13-15,19-21,23,25,27,31-32,40-42H,3,8,12,16-18,24H2,1-2,4-7H3,(H,54,57)(H,55,56)(H,58,64)(H,59,65)/t27-,31-,32+,40-,41-,42-/m0/s1. The second kappa shape index (κ2) is 17.0. The molecule has 9 rings (SSSR count). The van der Waals surface area contributed by atoms with Crippen LogP contribution in [0.2, 0.25) is 0 Å². The third-order valence-electron chi connectivity index (χ3n) is 14.2. The summed E-state index contributed by atoms with van der Waals surface area (Å²) in [4.78, 5) is 72.2. The molecule has 5 aromatic rings. The molecule has 4 amide bonds. The number of aromatic nitrogens is 4. The number of likely N-dealkylation sites (tertiary alicyclic amines) is 1. The van der Waals surface area contributed by atoms with Crippen LogP contribution in [-0.4, -0.2) is 92.6 Å². The first-order valence-corrected chi connectivity index (χ1v) is 22.6. The number of carbonyl (C=O) groups is 4. The summed E-state index contributed by atoms with van der Waals surface area (Å²) in [5, 5.41) is 14.8. The average Bonchev–Trinajstić information content (AvgIpc) is 3.91. The van der Waals surface area contributed by atoms with Crippen LogP contribution < -0.4 is 10.6 Å². The van der Waals surface area contributed by atoms with Gasteiger partial charge in [0.2, 0.25) is 5.91 Å². The first-order chi connectivity index (χ1) is 31.9. The van der Waals surface area contributed by atoms with Gasteiger partial charge in [-0.05, 0) is 103 Å². The normalized spacial score (nSPS) is 20.6. The van der Waals surface area contributed by atoms with Crippen molar-refractivity contribution in [3.8, 4) is 39.6 Å². The molecule has 1 saturated heterocycles. The van der Waals surface area contributed by atoms with Crippen molar-refractivity contribution < 1.29 is 37.4 Å². The third kappa shape index (κ3) is 8.05. The molecule has 4 aliphatic rings. The van der Waals surface area contributed by atoms with E-state index in [1.807, 2.05) is 51.1 Å². The molecule has 0 unspecified atom stereocenters. The van der Waals surface area contributed by atoms with Crippen LogP contribution >= 0.6 is 0 Å². The highest BCUT2D eigenvalue weighted by Crippen LogP contribution is 2.54. The zero-order valence-corrected chi connectivity index (χ0v) is 38.2. The van der Waals surface area contributed by atoms with E-state index < -0.39 is 48.2 Å². The topological polar surface area (TPSA) is 198 Å². The van der Waals surface area contributed by atoms with Gasteiger partial charge in [0, 0.05) is 29.3 Å². The highest BCUT2D eigenvalue weighted by atomic mass is 19.3. The molecule has 1 aliphatic heterocycles. The molecule has 3 aromatic carbocycles. The number of alkyl carbamates (subject to hydrolysis) is 2. The molecule has 3 heterocycles. The fourth-order valence-electron chi connectivity index (χ4n) is 10.2. The Hall–Kier alpha value is -7.09. The predicted octanol–water partition coefficient (Wildman–Crippen LogP) is 8.67. The van der Waals surface area contributed by atoms with Crippen molar-refractivity contribution in [2.75, 3.05) is 20.8 Å². The smallest absolute Gasteiger partial charge is 0.407 e. The van der Waals surface area contributed by atoms with E-state index in [9.17, 15) is 24.4 Å². The summed E-state index contributed by atoms with van der Waals surface area (Å²) in [7, 11) is 2.43. The van der Waals surface area contributed by atoms with Gasteiger partial charge in [0.25, 0.3) is 11.8 Å². The van der Waals surface area contributed by atoms with Crippen LogP contribution in [0.3, 0.4) is 0 Å². The van der Waals surface area contributed by atoms with Crippen LogP contribution in [-0.2, 0) is 25.0 Å². The van der Waals surface area contributed by atoms with E-state index in [0.717, 1.165) is 32.1 Å². The van der Waals surface area contributed by atoms with E-state index in [1.54, 1.807) is 34.2 Å². The number of halogens is 2. The van der Waals surface area contributed by atoms with Crippen molar-refractivity contribution >= 4 is 35.0 Å². The van der Waals surface area contributed by atoms with Gasteiger partial charge in [-0.2, -0.15) is 14.0 Å². The van der Waals surface area contributed by atoms with Gasteiger partial charge in [-0.25, -0.2) is 19.6 Å². The molecule has 6 atom stereocenters. The monoisotopic (exact) mass is 913 g/mol. The highest BCUT2D eigenvalue weighted by Gasteiger charge is 2.52. The van der Waals surface area contributed by atoms with E-state index in [2.05, 4.69) is 39.1 Å². The molecular formula is C50H53F2N9O6. The van der Waals surface area contributed by atoms with Gasteiger partial charge >= 0.3 is 12.2 Å². The minimum atomic E-state index is -3.32. The second-order valence-corrected chi connectivity index (χ2v) is 19.1. The van der Waals surface area contributed by atoms with Crippen LogP contribution in [0, 0.1) is 28.6 Å². The number of piperidine rings is 1. The van der Waals surface area contributed by atoms with E-state index in [4.69, 9.17) is 14.5 Å². The minimum absolute atomic E-state index is 0.0585. The lowest BCUT2D eigenvalue weighted by molar-refractivity contribution is -0.138. The number of nitrogens with zero attached hydrogens (tertiary/aromatic N) is 5. The Kier molecular flexibility index (Phi) is 11.4. The summed E-state index contributed by atoms with van der Waals surface area (Å²) >= 11 is 0. The molecular weight excluding hydrogens is 861 g/mol. The number of hydrogen-bond acceptors (Lipinski definition) is 9. The van der Waals surface area contributed by atoms with E-state index in [-0.39, 0.29) is 45.9 Å². The summed E-state index contributed by atoms with van der Waals surface area (Å²) < 4.78 is 42.9. The van der Waals surface area contributed by atoms with E-state index in [1.165, 1.54) is 26.4 Å². The van der Waals surface area contributed by atoms with Gasteiger partial charge in [0.1, 0.15) is 23.7 Å². The number of nitrogens with one attached hydrogen (secondary N) is 4. The zero-order valence-electron chi connectivity index (χ0n) is 38.2. The summed E-state index contributed by atoms with van der Waals surface area (Å²) in [6.45, 7) is 11.9. The number of H-pyrrole nitrogens is 2. The molecule has 3 fully saturated rings. The van der Waals surface area contributed by atoms with E-state index in [0.29, 0.717) is 62.7 Å². The van der Waals surface area contributed by atoms with Gasteiger partial charge in [0.05, 0.1) is 60.9 Å². The fourth-order valence-corrected chi connectivity index (χ4v) is 10.2. The number of carbonyl (C=O) groups excluding carboxylic acids is 4. The van der Waals surface area contributed by atoms with Gasteiger partial charge in [-0.1, -0.05) is 57.7 Å². The Balaban J connectivity index is 0.959. The molecule has 2 bridgehead atoms. The zero-order chi connectivity index (χ0) is 47.7. The molecule has 0 spiro atoms. The number of benzene rings is 3. The summed E-state index contributed by atoms with van der Waals surface area (Å²) in [6, 6.07) is 14.3. The van der Waals surface area contributed by atoms with Crippen LogP contribution in [0.4, 0.5) is 18.4 Å². The van der Waals surface area contributed by atoms with Crippen molar-refractivity contribution in [3.05, 3.63) is 95.7 Å². The summed E-state index contributed by atoms with van der Waals surface area (Å²) in [5.41, 5.74) is 4.04. The van der Waals surface area contributed by atoms with Gasteiger partial charge < -0.3 is 39.9 Å². The number of methoxy groups -OCH3 is 2. The number of rotatable bonds is 13. The lowest BCUT2D eigenvalue weighted by Crippen LogP contribution is -2.53. The third-order valence-corrected chi connectivity index (χ3v) is 14.2. The molecule has 0 radical (unpaired) electrons. The number of nitriles is 1. The molecule has 3 aliphatic carbocycles. The van der Waals surface area contributed by atoms with Crippen molar-refractivity contribution in [1.29, 1.82) is 5.26 Å². The van der Waals surface area contributed by atoms with Gasteiger partial charge in [-0.15, -0.1) is 0 Å². The Labute approximate surface area is 386 Å². The van der Waals surface area contributed by atoms with Crippen molar-refractivity contribution in [2.45, 2.75) is 95.9 Å². The molecule has 348 valence electrons. The first-order valence-electron chi connectivity index (χ1n) is 22.6. The number of alkyl halides is 2.